The fourth-order valence-electron chi connectivity index (χ4n) is 2.29. The molecule has 0 radical (unpaired) electrons. The first-order valence-corrected chi connectivity index (χ1v) is 5.94. The molecule has 4 nitrogen and oxygen atoms in total. The van der Waals surface area contributed by atoms with E-state index in [2.05, 4.69) is 16.3 Å². The van der Waals surface area contributed by atoms with Crippen LogP contribution in [-0.2, 0) is 0 Å². The number of hydrogen-bond donors (Lipinski definition) is 0. The van der Waals surface area contributed by atoms with E-state index in [4.69, 9.17) is 16.3 Å². The van der Waals surface area contributed by atoms with Crippen LogP contribution in [0.4, 0.5) is 0 Å². The van der Waals surface area contributed by atoms with Crippen molar-refractivity contribution in [1.82, 2.24) is 14.8 Å². The Bertz CT molecular complexity index is 533. The summed E-state index contributed by atoms with van der Waals surface area (Å²) in [6.45, 7) is 2.60. The average Bonchev–Trinajstić information content (AvgIpc) is 2.69. The van der Waals surface area contributed by atoms with E-state index in [1.165, 1.54) is 0 Å². The average molecular weight is 250 g/mol. The van der Waals surface area contributed by atoms with Gasteiger partial charge < -0.3 is 4.74 Å². The smallest absolute Gasteiger partial charge is 0.225 e. The topological polar surface area (TPSA) is 39.9 Å². The number of nitrogens with zero attached hydrogens (tertiary/aromatic N) is 3. The van der Waals surface area contributed by atoms with E-state index in [0.29, 0.717) is 11.9 Å². The van der Waals surface area contributed by atoms with Gasteiger partial charge in [0.1, 0.15) is 11.6 Å². The minimum atomic E-state index is 0.169. The standard InChI is InChI=1S/C12H12ClN3O/c1-8-14-15-12(13)16(8)10-6-7-17-11-5-3-2-4-9(10)11/h2-5,10H,6-7H2,1H3. The number of hydrogen-bond acceptors (Lipinski definition) is 3. The molecule has 0 saturated heterocycles. The number of halogens is 1. The van der Waals surface area contributed by atoms with Crippen molar-refractivity contribution in [2.45, 2.75) is 19.4 Å². The molecule has 3 rings (SSSR count). The summed E-state index contributed by atoms with van der Waals surface area (Å²) in [4.78, 5) is 0. The predicted molar refractivity (Wildman–Crippen MR) is 64.5 cm³/mol. The first-order chi connectivity index (χ1) is 8.27. The van der Waals surface area contributed by atoms with Gasteiger partial charge in [-0.1, -0.05) is 18.2 Å². The van der Waals surface area contributed by atoms with Gasteiger partial charge in [0.2, 0.25) is 5.28 Å². The molecule has 5 heteroatoms. The maximum atomic E-state index is 6.09. The van der Waals surface area contributed by atoms with Crippen LogP contribution in [0, 0.1) is 6.92 Å². The van der Waals surface area contributed by atoms with Crippen LogP contribution >= 0.6 is 11.6 Å². The number of rotatable bonds is 1. The number of ether oxygens (including phenoxy) is 1. The van der Waals surface area contributed by atoms with Crippen molar-refractivity contribution in [3.05, 3.63) is 40.9 Å². The van der Waals surface area contributed by atoms with Crippen molar-refractivity contribution in [2.24, 2.45) is 0 Å². The molecular weight excluding hydrogens is 238 g/mol. The minimum absolute atomic E-state index is 0.169. The fourth-order valence-corrected chi connectivity index (χ4v) is 2.57. The highest BCUT2D eigenvalue weighted by molar-refractivity contribution is 6.28. The summed E-state index contributed by atoms with van der Waals surface area (Å²) in [6, 6.07) is 8.20. The summed E-state index contributed by atoms with van der Waals surface area (Å²) >= 11 is 6.09. The van der Waals surface area contributed by atoms with Crippen LogP contribution in [0.1, 0.15) is 23.9 Å². The molecule has 0 N–H and O–H groups in total. The van der Waals surface area contributed by atoms with Crippen molar-refractivity contribution in [1.29, 1.82) is 0 Å². The van der Waals surface area contributed by atoms with Crippen molar-refractivity contribution < 1.29 is 4.74 Å². The van der Waals surface area contributed by atoms with Crippen LogP contribution in [0.3, 0.4) is 0 Å². The van der Waals surface area contributed by atoms with Gasteiger partial charge in [0, 0.05) is 12.0 Å². The minimum Gasteiger partial charge on any atom is -0.493 e. The van der Waals surface area contributed by atoms with Gasteiger partial charge in [0.15, 0.2) is 0 Å². The van der Waals surface area contributed by atoms with Crippen LogP contribution < -0.4 is 4.74 Å². The van der Waals surface area contributed by atoms with E-state index in [0.717, 1.165) is 23.6 Å². The first kappa shape index (κ1) is 10.6. The molecule has 2 heterocycles. The van der Waals surface area contributed by atoms with Gasteiger partial charge in [-0.3, -0.25) is 4.57 Å². The van der Waals surface area contributed by atoms with E-state index in [-0.39, 0.29) is 6.04 Å². The highest BCUT2D eigenvalue weighted by atomic mass is 35.5. The van der Waals surface area contributed by atoms with Crippen molar-refractivity contribution in [2.75, 3.05) is 6.61 Å². The Morgan fingerprint density at radius 1 is 1.35 bits per heavy atom. The largest absolute Gasteiger partial charge is 0.493 e. The molecular formula is C12H12ClN3O. The summed E-state index contributed by atoms with van der Waals surface area (Å²) in [5, 5.41) is 8.34. The molecule has 0 bridgehead atoms. The lowest BCUT2D eigenvalue weighted by Crippen LogP contribution is -2.21. The molecule has 17 heavy (non-hydrogen) atoms. The third kappa shape index (κ3) is 1.69. The van der Waals surface area contributed by atoms with Gasteiger partial charge >= 0.3 is 0 Å². The van der Waals surface area contributed by atoms with Gasteiger partial charge in [-0.15, -0.1) is 10.2 Å². The van der Waals surface area contributed by atoms with E-state index < -0.39 is 0 Å². The zero-order chi connectivity index (χ0) is 11.8. The van der Waals surface area contributed by atoms with Crippen molar-refractivity contribution in [3.8, 4) is 5.75 Å². The maximum Gasteiger partial charge on any atom is 0.225 e. The Hall–Kier alpha value is -1.55. The van der Waals surface area contributed by atoms with Crippen LogP contribution in [0.15, 0.2) is 24.3 Å². The Labute approximate surface area is 104 Å². The number of fused-ring (bicyclic) bond motifs is 1. The second kappa shape index (κ2) is 4.04. The van der Waals surface area contributed by atoms with Crippen molar-refractivity contribution >= 4 is 11.6 Å². The Balaban J connectivity index is 2.12. The van der Waals surface area contributed by atoms with Gasteiger partial charge in [0.05, 0.1) is 12.6 Å². The zero-order valence-corrected chi connectivity index (χ0v) is 10.2. The molecule has 0 amide bonds. The van der Waals surface area contributed by atoms with Crippen LogP contribution in [0.5, 0.6) is 5.75 Å². The second-order valence-corrected chi connectivity index (χ2v) is 4.42. The van der Waals surface area contributed by atoms with E-state index in [1.54, 1.807) is 0 Å². The SMILES string of the molecule is Cc1nnc(Cl)n1C1CCOc2ccccc21. The lowest BCUT2D eigenvalue weighted by Gasteiger charge is -2.27. The monoisotopic (exact) mass is 249 g/mol. The predicted octanol–water partition coefficient (Wildman–Crippen LogP) is 2.61. The lowest BCUT2D eigenvalue weighted by atomic mass is 10.0. The summed E-state index contributed by atoms with van der Waals surface area (Å²) in [5.41, 5.74) is 1.14. The van der Waals surface area contributed by atoms with E-state index in [9.17, 15) is 0 Å². The molecule has 0 fully saturated rings. The molecule has 0 aliphatic carbocycles. The summed E-state index contributed by atoms with van der Waals surface area (Å²) < 4.78 is 7.60. The normalized spacial score (nSPS) is 18.6. The van der Waals surface area contributed by atoms with Gasteiger partial charge in [-0.2, -0.15) is 0 Å². The molecule has 2 aromatic rings. The Morgan fingerprint density at radius 2 is 2.18 bits per heavy atom. The molecule has 1 unspecified atom stereocenters. The second-order valence-electron chi connectivity index (χ2n) is 4.08. The quantitative estimate of drug-likeness (QED) is 0.780. The molecule has 1 aromatic carbocycles. The number of aryl methyl sites for hydroxylation is 1. The Kier molecular flexibility index (Phi) is 2.52. The summed E-state index contributed by atoms with van der Waals surface area (Å²) in [5.74, 6) is 1.75. The summed E-state index contributed by atoms with van der Waals surface area (Å²) in [7, 11) is 0. The first-order valence-electron chi connectivity index (χ1n) is 5.56. The molecule has 1 aromatic heterocycles. The third-order valence-electron chi connectivity index (χ3n) is 3.06. The van der Waals surface area contributed by atoms with Gasteiger partial charge in [0.25, 0.3) is 0 Å². The van der Waals surface area contributed by atoms with Crippen LogP contribution in [-0.4, -0.2) is 21.4 Å². The molecule has 0 saturated carbocycles. The zero-order valence-electron chi connectivity index (χ0n) is 9.43. The molecule has 0 spiro atoms. The third-order valence-corrected chi connectivity index (χ3v) is 3.32. The van der Waals surface area contributed by atoms with Crippen LogP contribution in [0.25, 0.3) is 0 Å². The fraction of sp³-hybridized carbons (Fsp3) is 0.333. The highest BCUT2D eigenvalue weighted by Crippen LogP contribution is 2.36. The number of aromatic nitrogens is 3. The lowest BCUT2D eigenvalue weighted by molar-refractivity contribution is 0.255. The molecule has 1 aliphatic heterocycles. The van der Waals surface area contributed by atoms with Gasteiger partial charge in [-0.05, 0) is 24.6 Å². The molecule has 88 valence electrons. The summed E-state index contributed by atoms with van der Waals surface area (Å²) in [6.07, 6.45) is 0.885. The molecule has 1 atom stereocenters. The van der Waals surface area contributed by atoms with E-state index >= 15 is 0 Å². The van der Waals surface area contributed by atoms with E-state index in [1.807, 2.05) is 29.7 Å². The Morgan fingerprint density at radius 3 is 2.94 bits per heavy atom. The maximum absolute atomic E-state index is 6.09. The highest BCUT2D eigenvalue weighted by Gasteiger charge is 2.25. The van der Waals surface area contributed by atoms with Gasteiger partial charge in [-0.25, -0.2) is 0 Å². The van der Waals surface area contributed by atoms with Crippen molar-refractivity contribution in [3.63, 3.8) is 0 Å². The number of benzene rings is 1. The van der Waals surface area contributed by atoms with Crippen LogP contribution in [0.2, 0.25) is 5.28 Å². The number of para-hydroxylation sites is 1. The molecule has 1 aliphatic rings.